The van der Waals surface area contributed by atoms with E-state index in [1.54, 1.807) is 28.9 Å². The number of halogens is 2. The van der Waals surface area contributed by atoms with E-state index in [1.165, 1.54) is 6.92 Å². The first kappa shape index (κ1) is 21.0. The predicted molar refractivity (Wildman–Crippen MR) is 117 cm³/mol. The summed E-state index contributed by atoms with van der Waals surface area (Å²) in [7, 11) is 0. The van der Waals surface area contributed by atoms with E-state index < -0.39 is 13.0 Å². The molecule has 1 aliphatic carbocycles. The van der Waals surface area contributed by atoms with Crippen LogP contribution in [0.15, 0.2) is 24.4 Å². The second-order valence-corrected chi connectivity index (χ2v) is 8.54. The maximum Gasteiger partial charge on any atom is 0.258 e. The van der Waals surface area contributed by atoms with Gasteiger partial charge in [-0.1, -0.05) is 5.21 Å². The van der Waals surface area contributed by atoms with E-state index in [4.69, 9.17) is 5.73 Å². The highest BCUT2D eigenvalue weighted by molar-refractivity contribution is 5.88. The summed E-state index contributed by atoms with van der Waals surface area (Å²) < 4.78 is 28.4. The Hall–Kier alpha value is -3.90. The van der Waals surface area contributed by atoms with E-state index in [0.717, 1.165) is 17.5 Å². The number of nitrogens with two attached hydrogens (primary N) is 1. The molecule has 1 amide bonds. The first-order chi connectivity index (χ1) is 15.7. The number of aromatic nitrogens is 7. The van der Waals surface area contributed by atoms with Gasteiger partial charge in [-0.15, -0.1) is 10.2 Å². The van der Waals surface area contributed by atoms with E-state index in [0.29, 0.717) is 28.2 Å². The SMILES string of the molecule is CC(=O)NC1(C)CC(Nc2nc(N)c3c(-c4ccc5nnn(CC(F)F)c5n4)ccn3n2)C1. The van der Waals surface area contributed by atoms with Crippen molar-refractivity contribution in [3.05, 3.63) is 24.4 Å². The number of hydrogen-bond donors (Lipinski definition) is 3. The molecule has 0 aliphatic heterocycles. The van der Waals surface area contributed by atoms with Gasteiger partial charge in [0, 0.05) is 30.3 Å². The Bertz CT molecular complexity index is 1360. The van der Waals surface area contributed by atoms with Crippen LogP contribution in [0, 0.1) is 0 Å². The fourth-order valence-corrected chi connectivity index (χ4v) is 4.42. The summed E-state index contributed by atoms with van der Waals surface area (Å²) in [6.45, 7) is 2.91. The van der Waals surface area contributed by atoms with Gasteiger partial charge < -0.3 is 16.4 Å². The average molecular weight is 456 g/mol. The van der Waals surface area contributed by atoms with Gasteiger partial charge in [-0.3, -0.25) is 4.79 Å². The number of amides is 1. The fourth-order valence-electron chi connectivity index (χ4n) is 4.42. The minimum atomic E-state index is -2.57. The van der Waals surface area contributed by atoms with Gasteiger partial charge in [0.15, 0.2) is 11.5 Å². The van der Waals surface area contributed by atoms with Gasteiger partial charge in [-0.2, -0.15) is 4.98 Å². The highest BCUT2D eigenvalue weighted by atomic mass is 19.3. The Morgan fingerprint density at radius 2 is 2.09 bits per heavy atom. The number of pyridine rings is 1. The minimum absolute atomic E-state index is 0.0578. The van der Waals surface area contributed by atoms with Gasteiger partial charge in [-0.25, -0.2) is 23.0 Å². The number of alkyl halides is 2. The monoisotopic (exact) mass is 456 g/mol. The van der Waals surface area contributed by atoms with Crippen molar-refractivity contribution in [1.29, 1.82) is 0 Å². The Morgan fingerprint density at radius 1 is 1.30 bits per heavy atom. The zero-order chi connectivity index (χ0) is 23.3. The van der Waals surface area contributed by atoms with Crippen molar-refractivity contribution in [1.82, 2.24) is 39.9 Å². The summed E-state index contributed by atoms with van der Waals surface area (Å²) in [5.74, 6) is 0.565. The average Bonchev–Trinajstić information content (AvgIpc) is 3.30. The molecule has 5 rings (SSSR count). The number of anilines is 2. The third-order valence-corrected chi connectivity index (χ3v) is 5.69. The lowest BCUT2D eigenvalue weighted by Gasteiger charge is -2.45. The molecule has 172 valence electrons. The molecule has 4 aromatic heterocycles. The molecule has 1 fully saturated rings. The summed E-state index contributed by atoms with van der Waals surface area (Å²) in [4.78, 5) is 20.2. The van der Waals surface area contributed by atoms with Crippen LogP contribution < -0.4 is 16.4 Å². The first-order valence-electron chi connectivity index (χ1n) is 10.4. The molecule has 11 nitrogen and oxygen atoms in total. The van der Waals surface area contributed by atoms with Gasteiger partial charge >= 0.3 is 0 Å². The number of carbonyl (C=O) groups excluding carboxylic acids is 1. The van der Waals surface area contributed by atoms with E-state index in [9.17, 15) is 13.6 Å². The number of nitrogens with one attached hydrogen (secondary N) is 2. The van der Waals surface area contributed by atoms with Crippen molar-refractivity contribution in [3.8, 4) is 11.3 Å². The fraction of sp³-hybridized carbons (Fsp3) is 0.400. The third-order valence-electron chi connectivity index (χ3n) is 5.69. The molecule has 1 aliphatic rings. The van der Waals surface area contributed by atoms with Crippen LogP contribution in [0.2, 0.25) is 0 Å². The van der Waals surface area contributed by atoms with Crippen molar-refractivity contribution in [3.63, 3.8) is 0 Å². The molecule has 0 spiro atoms. The molecular weight excluding hydrogens is 434 g/mol. The number of nitrogens with zero attached hydrogens (tertiary/aromatic N) is 7. The van der Waals surface area contributed by atoms with Gasteiger partial charge in [0.25, 0.3) is 6.43 Å². The van der Waals surface area contributed by atoms with Gasteiger partial charge in [0.2, 0.25) is 11.9 Å². The smallest absolute Gasteiger partial charge is 0.258 e. The second-order valence-electron chi connectivity index (χ2n) is 8.54. The highest BCUT2D eigenvalue weighted by Crippen LogP contribution is 2.34. The number of nitrogen functional groups attached to an aromatic ring is 1. The molecule has 13 heteroatoms. The number of fused-ring (bicyclic) bond motifs is 2. The third kappa shape index (κ3) is 3.90. The van der Waals surface area contributed by atoms with Gasteiger partial charge in [0.05, 0.1) is 5.69 Å². The Morgan fingerprint density at radius 3 is 2.82 bits per heavy atom. The lowest BCUT2D eigenvalue weighted by atomic mass is 9.74. The summed E-state index contributed by atoms with van der Waals surface area (Å²) in [5, 5.41) is 18.3. The van der Waals surface area contributed by atoms with Crippen molar-refractivity contribution >= 4 is 34.4 Å². The van der Waals surface area contributed by atoms with Crippen LogP contribution in [0.4, 0.5) is 20.5 Å². The molecule has 33 heavy (non-hydrogen) atoms. The summed E-state index contributed by atoms with van der Waals surface area (Å²) in [6.07, 6.45) is 0.651. The predicted octanol–water partition coefficient (Wildman–Crippen LogP) is 1.85. The molecule has 0 radical (unpaired) electrons. The van der Waals surface area contributed by atoms with Crippen molar-refractivity contribution in [2.24, 2.45) is 0 Å². The summed E-state index contributed by atoms with van der Waals surface area (Å²) >= 11 is 0. The Labute approximate surface area is 186 Å². The molecule has 0 atom stereocenters. The molecule has 0 bridgehead atoms. The zero-order valence-corrected chi connectivity index (χ0v) is 18.0. The lowest BCUT2D eigenvalue weighted by Crippen LogP contribution is -2.59. The summed E-state index contributed by atoms with van der Waals surface area (Å²) in [6, 6.07) is 5.30. The topological polar surface area (TPSA) is 141 Å². The van der Waals surface area contributed by atoms with E-state index in [2.05, 4.69) is 36.0 Å². The van der Waals surface area contributed by atoms with Crippen molar-refractivity contribution in [2.45, 2.75) is 51.2 Å². The number of hydrogen-bond acceptors (Lipinski definition) is 8. The van der Waals surface area contributed by atoms with E-state index in [1.807, 2.05) is 6.92 Å². The molecule has 4 aromatic rings. The standard InChI is InChI=1S/C20H22F2N10O/c1-10(33)27-20(2)7-11(8-20)24-19-26-17(23)16-12(5-6-31(16)29-19)13-3-4-14-18(25-13)32(30-28-14)9-15(21)22/h3-6,11,15H,7-9H2,1-2H3,(H,27,33)(H3,23,24,26,29). The first-order valence-corrected chi connectivity index (χ1v) is 10.4. The van der Waals surface area contributed by atoms with Crippen LogP contribution in [0.1, 0.15) is 26.7 Å². The van der Waals surface area contributed by atoms with Crippen LogP contribution in [-0.4, -0.2) is 58.5 Å². The van der Waals surface area contributed by atoms with Crippen molar-refractivity contribution in [2.75, 3.05) is 11.1 Å². The van der Waals surface area contributed by atoms with Crippen molar-refractivity contribution < 1.29 is 13.6 Å². The summed E-state index contributed by atoms with van der Waals surface area (Å²) in [5.41, 5.74) is 8.43. The molecule has 0 unspecified atom stereocenters. The maximum absolute atomic E-state index is 12.8. The van der Waals surface area contributed by atoms with Crippen LogP contribution in [-0.2, 0) is 11.3 Å². The Kier molecular flexibility index (Phi) is 4.83. The van der Waals surface area contributed by atoms with Crippen LogP contribution in [0.5, 0.6) is 0 Å². The maximum atomic E-state index is 12.8. The molecule has 1 saturated carbocycles. The largest absolute Gasteiger partial charge is 0.382 e. The van der Waals surface area contributed by atoms with Crippen LogP contribution in [0.25, 0.3) is 27.9 Å². The minimum Gasteiger partial charge on any atom is -0.382 e. The molecule has 0 saturated heterocycles. The quantitative estimate of drug-likeness (QED) is 0.399. The van der Waals surface area contributed by atoms with E-state index >= 15 is 0 Å². The van der Waals surface area contributed by atoms with Gasteiger partial charge in [-0.05, 0) is 38.0 Å². The van der Waals surface area contributed by atoms with E-state index in [-0.39, 0.29) is 29.0 Å². The van der Waals surface area contributed by atoms with Crippen LogP contribution >= 0.6 is 0 Å². The molecule has 4 heterocycles. The highest BCUT2D eigenvalue weighted by Gasteiger charge is 2.41. The molecule has 4 N–H and O–H groups in total. The zero-order valence-electron chi connectivity index (χ0n) is 18.0. The molecule has 0 aromatic carbocycles. The second kappa shape index (κ2) is 7.60. The molecular formula is C20H22F2N10O. The Balaban J connectivity index is 1.42. The van der Waals surface area contributed by atoms with Gasteiger partial charge in [0.1, 0.15) is 17.6 Å². The number of rotatable bonds is 6. The number of carbonyl (C=O) groups is 1. The normalized spacial score (nSPS) is 20.3. The lowest BCUT2D eigenvalue weighted by molar-refractivity contribution is -0.121. The van der Waals surface area contributed by atoms with Crippen LogP contribution in [0.3, 0.4) is 0 Å².